The van der Waals surface area contributed by atoms with Gasteiger partial charge in [-0.3, -0.25) is 4.79 Å². The van der Waals surface area contributed by atoms with Crippen LogP contribution in [-0.4, -0.2) is 30.6 Å². The van der Waals surface area contributed by atoms with Gasteiger partial charge in [0.05, 0.1) is 12.6 Å². The Morgan fingerprint density at radius 3 is 2.88 bits per heavy atom. The van der Waals surface area contributed by atoms with Gasteiger partial charge >= 0.3 is 0 Å². The number of aromatic nitrogens is 1. The molecule has 0 radical (unpaired) electrons. The van der Waals surface area contributed by atoms with Gasteiger partial charge in [-0.2, -0.15) is 0 Å². The first-order valence-electron chi connectivity index (χ1n) is 5.05. The third-order valence-electron chi connectivity index (χ3n) is 1.94. The highest BCUT2D eigenvalue weighted by Crippen LogP contribution is 2.08. The number of hydrogen-bond donors (Lipinski definition) is 2. The van der Waals surface area contributed by atoms with Crippen LogP contribution in [0.15, 0.2) is 10.7 Å². The Labute approximate surface area is 94.2 Å². The van der Waals surface area contributed by atoms with Crippen LogP contribution in [0.2, 0.25) is 0 Å². The van der Waals surface area contributed by atoms with Crippen molar-refractivity contribution in [1.82, 2.24) is 10.3 Å². The van der Waals surface area contributed by atoms with Gasteiger partial charge in [-0.25, -0.2) is 4.98 Å². The average Bonchev–Trinajstić information content (AvgIpc) is 2.66. The normalized spacial score (nSPS) is 14.5. The molecule has 1 amide bonds. The van der Waals surface area contributed by atoms with E-state index in [1.165, 1.54) is 6.26 Å². The summed E-state index contributed by atoms with van der Waals surface area (Å²) < 4.78 is 9.97. The Kier molecular flexibility index (Phi) is 4.45. The molecule has 6 heteroatoms. The van der Waals surface area contributed by atoms with Crippen molar-refractivity contribution in [3.8, 4) is 0 Å². The van der Waals surface area contributed by atoms with E-state index in [-0.39, 0.29) is 23.7 Å². The Morgan fingerprint density at radius 1 is 1.69 bits per heavy atom. The van der Waals surface area contributed by atoms with Gasteiger partial charge in [0.2, 0.25) is 5.89 Å². The minimum atomic E-state index is -0.321. The number of nitrogens with two attached hydrogens (primary N) is 1. The average molecular weight is 227 g/mol. The van der Waals surface area contributed by atoms with Crippen LogP contribution in [-0.2, 0) is 4.74 Å². The van der Waals surface area contributed by atoms with Crippen LogP contribution in [0, 0.1) is 0 Å². The number of ether oxygens (including phenoxy) is 1. The fraction of sp³-hybridized carbons (Fsp3) is 0.600. The van der Waals surface area contributed by atoms with Gasteiger partial charge in [-0.05, 0) is 13.8 Å². The van der Waals surface area contributed by atoms with E-state index < -0.39 is 0 Å². The van der Waals surface area contributed by atoms with E-state index in [0.29, 0.717) is 12.5 Å². The van der Waals surface area contributed by atoms with Crippen LogP contribution < -0.4 is 11.1 Å². The molecular formula is C10H17N3O3. The summed E-state index contributed by atoms with van der Waals surface area (Å²) in [6.07, 6.45) is 1.30. The number of methoxy groups -OCH3 is 1. The first-order chi connectivity index (χ1) is 7.54. The number of carbonyl (C=O) groups excluding carboxylic acids is 1. The predicted molar refractivity (Wildman–Crippen MR) is 57.9 cm³/mol. The summed E-state index contributed by atoms with van der Waals surface area (Å²) in [5, 5.41) is 2.72. The molecule has 0 aromatic carbocycles. The number of rotatable bonds is 5. The summed E-state index contributed by atoms with van der Waals surface area (Å²) >= 11 is 0. The Hall–Kier alpha value is -1.40. The van der Waals surface area contributed by atoms with Crippen molar-refractivity contribution in [1.29, 1.82) is 0 Å². The second-order valence-corrected chi connectivity index (χ2v) is 3.69. The monoisotopic (exact) mass is 227 g/mol. The van der Waals surface area contributed by atoms with Gasteiger partial charge in [0.15, 0.2) is 5.69 Å². The number of amides is 1. The van der Waals surface area contributed by atoms with Gasteiger partial charge in [-0.1, -0.05) is 0 Å². The number of carbonyl (C=O) groups is 1. The zero-order chi connectivity index (χ0) is 12.1. The summed E-state index contributed by atoms with van der Waals surface area (Å²) in [5.74, 6) is 0.0599. The lowest BCUT2D eigenvalue weighted by atomic mass is 10.3. The van der Waals surface area contributed by atoms with Crippen molar-refractivity contribution in [2.75, 3.05) is 13.7 Å². The molecule has 16 heavy (non-hydrogen) atoms. The molecule has 0 saturated heterocycles. The Balaban J connectivity index is 2.59. The lowest BCUT2D eigenvalue weighted by Crippen LogP contribution is -2.35. The standard InChI is InChI=1S/C10H17N3O3/c1-6(4-15-3)12-9(14)8-5-16-10(13-8)7(2)11/h5-7H,4,11H2,1-3H3,(H,12,14). The molecule has 2 atom stereocenters. The highest BCUT2D eigenvalue weighted by Gasteiger charge is 2.15. The Morgan fingerprint density at radius 2 is 2.38 bits per heavy atom. The van der Waals surface area contributed by atoms with Gasteiger partial charge < -0.3 is 20.2 Å². The first kappa shape index (κ1) is 12.7. The maximum atomic E-state index is 11.6. The SMILES string of the molecule is COCC(C)NC(=O)c1coc(C(C)N)n1. The molecule has 1 heterocycles. The molecule has 0 fully saturated rings. The van der Waals surface area contributed by atoms with Crippen molar-refractivity contribution < 1.29 is 13.9 Å². The molecule has 3 N–H and O–H groups in total. The molecule has 90 valence electrons. The van der Waals surface area contributed by atoms with Crippen LogP contribution in [0.1, 0.15) is 36.3 Å². The molecule has 0 saturated carbocycles. The van der Waals surface area contributed by atoms with Gasteiger partial charge in [0.25, 0.3) is 5.91 Å². The third kappa shape index (κ3) is 3.32. The highest BCUT2D eigenvalue weighted by atomic mass is 16.5. The summed E-state index contributed by atoms with van der Waals surface area (Å²) in [5.41, 5.74) is 5.80. The smallest absolute Gasteiger partial charge is 0.273 e. The molecule has 0 aliphatic heterocycles. The fourth-order valence-electron chi connectivity index (χ4n) is 1.19. The molecule has 2 unspecified atom stereocenters. The van der Waals surface area contributed by atoms with E-state index in [9.17, 15) is 4.79 Å². The summed E-state index contributed by atoms with van der Waals surface area (Å²) in [6.45, 7) is 4.03. The number of hydrogen-bond acceptors (Lipinski definition) is 5. The molecular weight excluding hydrogens is 210 g/mol. The molecule has 1 aromatic heterocycles. The second kappa shape index (κ2) is 5.62. The van der Waals surface area contributed by atoms with Crippen molar-refractivity contribution in [2.24, 2.45) is 5.73 Å². The second-order valence-electron chi connectivity index (χ2n) is 3.69. The van der Waals surface area contributed by atoms with E-state index in [1.54, 1.807) is 14.0 Å². The van der Waals surface area contributed by atoms with Crippen molar-refractivity contribution in [3.05, 3.63) is 17.8 Å². The Bertz CT molecular complexity index is 349. The predicted octanol–water partition coefficient (Wildman–Crippen LogP) is 0.459. The maximum Gasteiger partial charge on any atom is 0.273 e. The van der Waals surface area contributed by atoms with Crippen LogP contribution in [0.25, 0.3) is 0 Å². The summed E-state index contributed by atoms with van der Waals surface area (Å²) in [4.78, 5) is 15.6. The summed E-state index contributed by atoms with van der Waals surface area (Å²) in [6, 6.07) is -0.397. The van der Waals surface area contributed by atoms with E-state index in [4.69, 9.17) is 14.9 Å². The molecule has 1 aromatic rings. The van der Waals surface area contributed by atoms with Crippen molar-refractivity contribution in [2.45, 2.75) is 25.9 Å². The highest BCUT2D eigenvalue weighted by molar-refractivity contribution is 5.92. The maximum absolute atomic E-state index is 11.6. The van der Waals surface area contributed by atoms with Crippen LogP contribution >= 0.6 is 0 Å². The number of nitrogens with one attached hydrogen (secondary N) is 1. The van der Waals surface area contributed by atoms with Crippen LogP contribution in [0.4, 0.5) is 0 Å². The molecule has 0 bridgehead atoms. The zero-order valence-corrected chi connectivity index (χ0v) is 9.69. The first-order valence-corrected chi connectivity index (χ1v) is 5.05. The van der Waals surface area contributed by atoms with E-state index in [0.717, 1.165) is 0 Å². The topological polar surface area (TPSA) is 90.4 Å². The zero-order valence-electron chi connectivity index (χ0n) is 9.69. The molecule has 0 aliphatic rings. The van der Waals surface area contributed by atoms with Gasteiger partial charge in [-0.15, -0.1) is 0 Å². The molecule has 0 aliphatic carbocycles. The number of nitrogens with zero attached hydrogens (tertiary/aromatic N) is 1. The largest absolute Gasteiger partial charge is 0.446 e. The lowest BCUT2D eigenvalue weighted by molar-refractivity contribution is 0.0900. The minimum Gasteiger partial charge on any atom is -0.446 e. The van der Waals surface area contributed by atoms with Gasteiger partial charge in [0, 0.05) is 13.2 Å². The number of oxazole rings is 1. The van der Waals surface area contributed by atoms with Crippen molar-refractivity contribution >= 4 is 5.91 Å². The quantitative estimate of drug-likeness (QED) is 0.762. The molecule has 6 nitrogen and oxygen atoms in total. The molecule has 1 rings (SSSR count). The van der Waals surface area contributed by atoms with Gasteiger partial charge in [0.1, 0.15) is 6.26 Å². The van der Waals surface area contributed by atoms with Crippen LogP contribution in [0.5, 0.6) is 0 Å². The van der Waals surface area contributed by atoms with E-state index in [2.05, 4.69) is 10.3 Å². The lowest BCUT2D eigenvalue weighted by Gasteiger charge is -2.10. The third-order valence-corrected chi connectivity index (χ3v) is 1.94. The van der Waals surface area contributed by atoms with E-state index >= 15 is 0 Å². The fourth-order valence-corrected chi connectivity index (χ4v) is 1.19. The molecule has 0 spiro atoms. The van der Waals surface area contributed by atoms with Crippen LogP contribution in [0.3, 0.4) is 0 Å². The van der Waals surface area contributed by atoms with E-state index in [1.807, 2.05) is 6.92 Å². The van der Waals surface area contributed by atoms with Crippen molar-refractivity contribution in [3.63, 3.8) is 0 Å². The minimum absolute atomic E-state index is 0.0760. The summed E-state index contributed by atoms with van der Waals surface area (Å²) in [7, 11) is 1.58.